The van der Waals surface area contributed by atoms with Crippen LogP contribution in [0.3, 0.4) is 0 Å². The number of benzene rings is 1. The van der Waals surface area contributed by atoms with E-state index in [1.165, 1.54) is 11.1 Å². The van der Waals surface area contributed by atoms with Crippen LogP contribution in [-0.4, -0.2) is 14.6 Å². The fourth-order valence-corrected chi connectivity index (χ4v) is 3.15. The minimum absolute atomic E-state index is 0.337. The Hall–Kier alpha value is -0.670. The first-order chi connectivity index (χ1) is 8.59. The lowest BCUT2D eigenvalue weighted by Gasteiger charge is -2.17. The summed E-state index contributed by atoms with van der Waals surface area (Å²) in [6.07, 6.45) is 0. The number of aryl methyl sites for hydroxylation is 1. The summed E-state index contributed by atoms with van der Waals surface area (Å²) in [6, 6.07) is 6.49. The van der Waals surface area contributed by atoms with E-state index in [1.807, 2.05) is 44.1 Å². The Morgan fingerprint density at radius 3 is 2.22 bits per heavy atom. The number of hydrogen-bond acceptors (Lipinski definition) is 1. The molecule has 0 spiro atoms. The zero-order valence-electron chi connectivity index (χ0n) is 12.8. The Morgan fingerprint density at radius 2 is 1.72 bits per heavy atom. The Balaban J connectivity index is 0.000000659. The Morgan fingerprint density at radius 1 is 1.17 bits per heavy atom. The number of fused-ring (bicyclic) bond motifs is 1. The predicted molar refractivity (Wildman–Crippen MR) is 81.0 cm³/mol. The molecular formula is C15H27NOS. The van der Waals surface area contributed by atoms with E-state index in [0.717, 1.165) is 11.4 Å². The molecule has 1 aromatic rings. The van der Waals surface area contributed by atoms with Crippen LogP contribution in [0.5, 0.6) is 0 Å². The first-order valence-corrected chi connectivity index (χ1v) is 7.98. The number of hydrogen-bond donors (Lipinski definition) is 0. The van der Waals surface area contributed by atoms with Crippen LogP contribution in [0.4, 0.5) is 0 Å². The summed E-state index contributed by atoms with van der Waals surface area (Å²) in [7, 11) is -0.941. The van der Waals surface area contributed by atoms with Crippen LogP contribution in [0, 0.1) is 6.92 Å². The maximum absolute atomic E-state index is 12.0. The monoisotopic (exact) mass is 269 g/mol. The summed E-state index contributed by atoms with van der Waals surface area (Å²) in [4.78, 5) is 0.990. The third kappa shape index (κ3) is 3.92. The molecule has 1 aromatic carbocycles. The molecule has 0 bridgehead atoms. The van der Waals surface area contributed by atoms with E-state index < -0.39 is 11.0 Å². The van der Waals surface area contributed by atoms with Crippen molar-refractivity contribution in [3.05, 3.63) is 29.3 Å². The molecule has 0 N–H and O–H groups in total. The predicted octanol–water partition coefficient (Wildman–Crippen LogP) is 4.29. The molecule has 0 fully saturated rings. The van der Waals surface area contributed by atoms with E-state index in [2.05, 4.69) is 26.8 Å². The van der Waals surface area contributed by atoms with E-state index in [-0.39, 0.29) is 0 Å². The molecule has 0 aliphatic carbocycles. The Kier molecular flexibility index (Phi) is 8.12. The van der Waals surface area contributed by atoms with Gasteiger partial charge in [0.25, 0.3) is 0 Å². The van der Waals surface area contributed by atoms with Crippen LogP contribution < -0.4 is 0 Å². The molecule has 0 amide bonds. The van der Waals surface area contributed by atoms with Gasteiger partial charge in [-0.05, 0) is 32.4 Å². The molecular weight excluding hydrogens is 242 g/mol. The summed E-state index contributed by atoms with van der Waals surface area (Å²) in [6.45, 7) is 15.1. The normalized spacial score (nSPS) is 17.4. The van der Waals surface area contributed by atoms with Crippen LogP contribution in [0.1, 0.15) is 52.7 Å². The summed E-state index contributed by atoms with van der Waals surface area (Å²) in [5.74, 6) is 0. The SMILES string of the molecule is CC.CC.Cc1ccc2c(c1)CN(C(C)C)S2=O. The van der Waals surface area contributed by atoms with Gasteiger partial charge in [0.05, 0.1) is 4.90 Å². The Bertz CT molecular complexity index is 388. The molecule has 0 saturated carbocycles. The van der Waals surface area contributed by atoms with Crippen molar-refractivity contribution in [2.45, 2.75) is 65.9 Å². The highest BCUT2D eigenvalue weighted by Crippen LogP contribution is 2.29. The minimum Gasteiger partial charge on any atom is -0.237 e. The molecule has 1 aliphatic rings. The summed E-state index contributed by atoms with van der Waals surface area (Å²) >= 11 is 0. The molecule has 0 aromatic heterocycles. The zero-order chi connectivity index (χ0) is 14.3. The number of rotatable bonds is 1. The van der Waals surface area contributed by atoms with Gasteiger partial charge in [-0.3, -0.25) is 0 Å². The van der Waals surface area contributed by atoms with Gasteiger partial charge in [-0.15, -0.1) is 0 Å². The van der Waals surface area contributed by atoms with Crippen molar-refractivity contribution in [1.82, 2.24) is 4.31 Å². The molecule has 0 radical (unpaired) electrons. The largest absolute Gasteiger partial charge is 0.237 e. The van der Waals surface area contributed by atoms with Gasteiger partial charge in [0.2, 0.25) is 0 Å². The van der Waals surface area contributed by atoms with Crippen molar-refractivity contribution in [2.75, 3.05) is 0 Å². The standard InChI is InChI=1S/C11H15NOS.2C2H6/c1-8(2)12-7-10-6-9(3)4-5-11(10)14(12)13;2*1-2/h4-6,8H,7H2,1-3H3;2*1-2H3. The summed E-state index contributed by atoms with van der Waals surface area (Å²) in [5.41, 5.74) is 2.46. The highest BCUT2D eigenvalue weighted by molar-refractivity contribution is 7.83. The van der Waals surface area contributed by atoms with Crippen LogP contribution in [0.2, 0.25) is 0 Å². The highest BCUT2D eigenvalue weighted by atomic mass is 32.2. The second-order valence-electron chi connectivity index (χ2n) is 4.03. The molecule has 2 nitrogen and oxygen atoms in total. The summed E-state index contributed by atoms with van der Waals surface area (Å²) < 4.78 is 14.0. The Labute approximate surface area is 115 Å². The van der Waals surface area contributed by atoms with Crippen molar-refractivity contribution in [1.29, 1.82) is 0 Å². The lowest BCUT2D eigenvalue weighted by molar-refractivity contribution is 0.384. The zero-order valence-corrected chi connectivity index (χ0v) is 13.6. The van der Waals surface area contributed by atoms with Gasteiger partial charge >= 0.3 is 0 Å². The van der Waals surface area contributed by atoms with E-state index in [1.54, 1.807) is 0 Å². The van der Waals surface area contributed by atoms with E-state index in [9.17, 15) is 4.21 Å². The van der Waals surface area contributed by atoms with Gasteiger partial charge in [-0.2, -0.15) is 0 Å². The van der Waals surface area contributed by atoms with Gasteiger partial charge < -0.3 is 0 Å². The van der Waals surface area contributed by atoms with Crippen LogP contribution in [-0.2, 0) is 17.5 Å². The maximum atomic E-state index is 12.0. The van der Waals surface area contributed by atoms with Crippen LogP contribution in [0.25, 0.3) is 0 Å². The molecule has 1 unspecified atom stereocenters. The van der Waals surface area contributed by atoms with Crippen LogP contribution in [0.15, 0.2) is 23.1 Å². The topological polar surface area (TPSA) is 20.3 Å². The quantitative estimate of drug-likeness (QED) is 0.744. The van der Waals surface area contributed by atoms with Gasteiger partial charge in [0.1, 0.15) is 11.0 Å². The fraction of sp³-hybridized carbons (Fsp3) is 0.600. The lowest BCUT2D eigenvalue weighted by atomic mass is 10.1. The first kappa shape index (κ1) is 17.3. The first-order valence-electron chi connectivity index (χ1n) is 6.87. The molecule has 0 saturated heterocycles. The smallest absolute Gasteiger partial charge is 0.128 e. The molecule has 1 atom stereocenters. The van der Waals surface area contributed by atoms with Gasteiger partial charge in [0, 0.05) is 12.6 Å². The number of nitrogens with zero attached hydrogens (tertiary/aromatic N) is 1. The highest BCUT2D eigenvalue weighted by Gasteiger charge is 2.28. The average Bonchev–Trinajstić information content (AvgIpc) is 2.71. The van der Waals surface area contributed by atoms with Crippen molar-refractivity contribution < 1.29 is 4.21 Å². The average molecular weight is 269 g/mol. The van der Waals surface area contributed by atoms with Gasteiger partial charge in [-0.25, -0.2) is 8.51 Å². The van der Waals surface area contributed by atoms with E-state index >= 15 is 0 Å². The van der Waals surface area contributed by atoms with Gasteiger partial charge in [0.15, 0.2) is 0 Å². The second kappa shape index (κ2) is 8.44. The lowest BCUT2D eigenvalue weighted by Crippen LogP contribution is -2.26. The molecule has 1 heterocycles. The maximum Gasteiger partial charge on any atom is 0.128 e. The van der Waals surface area contributed by atoms with Crippen molar-refractivity contribution in [3.63, 3.8) is 0 Å². The van der Waals surface area contributed by atoms with Crippen LogP contribution >= 0.6 is 0 Å². The second-order valence-corrected chi connectivity index (χ2v) is 5.44. The molecule has 2 rings (SSSR count). The third-order valence-corrected chi connectivity index (χ3v) is 4.27. The van der Waals surface area contributed by atoms with E-state index in [0.29, 0.717) is 6.04 Å². The molecule has 3 heteroatoms. The van der Waals surface area contributed by atoms with E-state index in [4.69, 9.17) is 0 Å². The minimum atomic E-state index is -0.941. The molecule has 1 aliphatic heterocycles. The molecule has 104 valence electrons. The third-order valence-electron chi connectivity index (χ3n) is 2.52. The molecule has 18 heavy (non-hydrogen) atoms. The van der Waals surface area contributed by atoms with Gasteiger partial charge in [-0.1, -0.05) is 45.4 Å². The van der Waals surface area contributed by atoms with Crippen molar-refractivity contribution in [3.8, 4) is 0 Å². The fourth-order valence-electron chi connectivity index (χ4n) is 1.73. The van der Waals surface area contributed by atoms with Crippen molar-refractivity contribution >= 4 is 11.0 Å². The summed E-state index contributed by atoms with van der Waals surface area (Å²) in [5, 5.41) is 0. The van der Waals surface area contributed by atoms with Crippen molar-refractivity contribution in [2.24, 2.45) is 0 Å².